The molecule has 0 atom stereocenters. The third-order valence-corrected chi connectivity index (χ3v) is 6.77. The third kappa shape index (κ3) is 4.49. The first-order valence-electron chi connectivity index (χ1n) is 12.2. The number of carbonyl (C=O) groups is 3. The quantitative estimate of drug-likeness (QED) is 0.348. The van der Waals surface area contributed by atoms with Gasteiger partial charge in [-0.15, -0.1) is 0 Å². The number of amides is 4. The Morgan fingerprint density at radius 2 is 1.35 bits per heavy atom. The lowest BCUT2D eigenvalue weighted by molar-refractivity contribution is -0.122. The van der Waals surface area contributed by atoms with Crippen molar-refractivity contribution in [3.8, 4) is 0 Å². The number of aryl methyl sites for hydroxylation is 1. The number of hydrogen-bond donors (Lipinski definition) is 2. The van der Waals surface area contributed by atoms with Crippen LogP contribution in [0.2, 0.25) is 0 Å². The van der Waals surface area contributed by atoms with Gasteiger partial charge in [-0.2, -0.15) is 0 Å². The monoisotopic (exact) mass is 489 g/mol. The van der Waals surface area contributed by atoms with Gasteiger partial charge in [-0.3, -0.25) is 9.59 Å². The van der Waals surface area contributed by atoms with Crippen LogP contribution in [0.1, 0.15) is 28.7 Å². The van der Waals surface area contributed by atoms with Gasteiger partial charge in [0.2, 0.25) is 11.8 Å². The molecule has 2 N–H and O–H groups in total. The zero-order chi connectivity index (χ0) is 25.8. The van der Waals surface area contributed by atoms with Crippen LogP contribution in [0.4, 0.5) is 16.2 Å². The summed E-state index contributed by atoms with van der Waals surface area (Å²) in [6.07, 6.45) is -0.00611. The number of urea groups is 1. The highest BCUT2D eigenvalue weighted by atomic mass is 16.2. The first-order chi connectivity index (χ1) is 18.0. The number of hydrogen-bond acceptors (Lipinski definition) is 3. The van der Waals surface area contributed by atoms with Crippen LogP contribution in [0.5, 0.6) is 0 Å². The van der Waals surface area contributed by atoms with Crippen LogP contribution in [0.15, 0.2) is 109 Å². The predicted molar refractivity (Wildman–Crippen MR) is 144 cm³/mol. The fourth-order valence-electron chi connectivity index (χ4n) is 4.98. The maximum atomic E-state index is 14.3. The van der Waals surface area contributed by atoms with Gasteiger partial charge in [0.1, 0.15) is 5.41 Å². The number of imide groups is 1. The summed E-state index contributed by atoms with van der Waals surface area (Å²) in [6.45, 7) is 2.18. The lowest BCUT2D eigenvalue weighted by atomic mass is 9.73. The van der Waals surface area contributed by atoms with Gasteiger partial charge in [-0.05, 0) is 35.2 Å². The standard InChI is InChI=1S/C31H27N3O3/c1-22-12-11-19-26(33-30(37)32-21-23-13-5-2-6-14-23)28(22)34-27(35)20-31(29(34)36,24-15-7-3-8-16-24)25-17-9-4-10-18-25/h2-19H,20-21H2,1H3,(H2,32,33,37). The number of para-hydroxylation sites is 1. The number of nitrogens with one attached hydrogen (secondary N) is 2. The number of anilines is 2. The highest BCUT2D eigenvalue weighted by Gasteiger charge is 2.55. The molecule has 0 aromatic heterocycles. The van der Waals surface area contributed by atoms with E-state index in [1.165, 1.54) is 4.90 Å². The van der Waals surface area contributed by atoms with E-state index in [2.05, 4.69) is 10.6 Å². The van der Waals surface area contributed by atoms with Crippen molar-refractivity contribution in [1.29, 1.82) is 0 Å². The number of rotatable bonds is 6. The molecule has 37 heavy (non-hydrogen) atoms. The van der Waals surface area contributed by atoms with Crippen LogP contribution in [0, 0.1) is 6.92 Å². The van der Waals surface area contributed by atoms with Crippen LogP contribution in [0.3, 0.4) is 0 Å². The zero-order valence-electron chi connectivity index (χ0n) is 20.5. The molecule has 0 bridgehead atoms. The average Bonchev–Trinajstić information content (AvgIpc) is 3.20. The molecule has 1 fully saturated rings. The molecule has 6 nitrogen and oxygen atoms in total. The van der Waals surface area contributed by atoms with E-state index in [1.54, 1.807) is 12.1 Å². The number of nitrogens with zero attached hydrogens (tertiary/aromatic N) is 1. The van der Waals surface area contributed by atoms with E-state index in [1.807, 2.05) is 104 Å². The maximum absolute atomic E-state index is 14.3. The second kappa shape index (κ2) is 10.1. The smallest absolute Gasteiger partial charge is 0.319 e. The van der Waals surface area contributed by atoms with Crippen LogP contribution >= 0.6 is 0 Å². The molecule has 5 rings (SSSR count). The zero-order valence-corrected chi connectivity index (χ0v) is 20.5. The molecule has 0 saturated carbocycles. The van der Waals surface area contributed by atoms with Crippen LogP contribution < -0.4 is 15.5 Å². The Balaban J connectivity index is 1.51. The summed E-state index contributed by atoms with van der Waals surface area (Å²) in [5.74, 6) is -0.656. The molecule has 0 aliphatic carbocycles. The highest BCUT2D eigenvalue weighted by molar-refractivity contribution is 6.27. The molecule has 0 radical (unpaired) electrons. The van der Waals surface area contributed by atoms with E-state index >= 15 is 0 Å². The summed E-state index contributed by atoms with van der Waals surface area (Å²) in [4.78, 5) is 42.0. The van der Waals surface area contributed by atoms with E-state index in [-0.39, 0.29) is 18.2 Å². The van der Waals surface area contributed by atoms with Crippen molar-refractivity contribution < 1.29 is 14.4 Å². The SMILES string of the molecule is Cc1cccc(NC(=O)NCc2ccccc2)c1N1C(=O)CC(c2ccccc2)(c2ccccc2)C1=O. The van der Waals surface area contributed by atoms with Gasteiger partial charge >= 0.3 is 6.03 Å². The van der Waals surface area contributed by atoms with Gasteiger partial charge in [0.05, 0.1) is 17.8 Å². The lowest BCUT2D eigenvalue weighted by Gasteiger charge is -2.29. The minimum atomic E-state index is -1.16. The van der Waals surface area contributed by atoms with Crippen molar-refractivity contribution in [3.63, 3.8) is 0 Å². The van der Waals surface area contributed by atoms with Gasteiger partial charge in [0.15, 0.2) is 0 Å². The predicted octanol–water partition coefficient (Wildman–Crippen LogP) is 5.57. The van der Waals surface area contributed by atoms with Crippen LogP contribution in [-0.2, 0) is 21.5 Å². The summed E-state index contributed by atoms with van der Waals surface area (Å²) in [5.41, 5.74) is 2.80. The Bertz CT molecular complexity index is 1400. The molecule has 1 heterocycles. The highest BCUT2D eigenvalue weighted by Crippen LogP contribution is 2.46. The summed E-state index contributed by atoms with van der Waals surface area (Å²) in [5, 5.41) is 5.69. The summed E-state index contributed by atoms with van der Waals surface area (Å²) in [6, 6.07) is 33.3. The third-order valence-electron chi connectivity index (χ3n) is 6.77. The minimum Gasteiger partial charge on any atom is -0.334 e. The van der Waals surface area contributed by atoms with E-state index in [9.17, 15) is 14.4 Å². The molecule has 4 aromatic rings. The second-order valence-corrected chi connectivity index (χ2v) is 9.11. The summed E-state index contributed by atoms with van der Waals surface area (Å²) in [7, 11) is 0. The van der Waals surface area contributed by atoms with Crippen molar-refractivity contribution >= 4 is 29.2 Å². The summed E-state index contributed by atoms with van der Waals surface area (Å²) < 4.78 is 0. The van der Waals surface area contributed by atoms with E-state index < -0.39 is 11.4 Å². The van der Waals surface area contributed by atoms with Crippen molar-refractivity contribution in [3.05, 3.63) is 131 Å². The Hall–Kier alpha value is -4.71. The Morgan fingerprint density at radius 3 is 1.95 bits per heavy atom. The van der Waals surface area contributed by atoms with Crippen LogP contribution in [-0.4, -0.2) is 17.8 Å². The molecule has 1 saturated heterocycles. The second-order valence-electron chi connectivity index (χ2n) is 9.11. The minimum absolute atomic E-state index is 0.00611. The summed E-state index contributed by atoms with van der Waals surface area (Å²) >= 11 is 0. The molecule has 0 spiro atoms. The maximum Gasteiger partial charge on any atom is 0.319 e. The Morgan fingerprint density at radius 1 is 0.784 bits per heavy atom. The largest absolute Gasteiger partial charge is 0.334 e. The molecule has 4 amide bonds. The van der Waals surface area contributed by atoms with Crippen molar-refractivity contribution in [2.75, 3.05) is 10.2 Å². The Labute approximate surface area is 215 Å². The molecular weight excluding hydrogens is 462 g/mol. The normalized spacial score (nSPS) is 14.5. The molecule has 6 heteroatoms. The fraction of sp³-hybridized carbons (Fsp3) is 0.129. The first-order valence-corrected chi connectivity index (χ1v) is 12.2. The molecule has 1 aliphatic heterocycles. The molecule has 1 aliphatic rings. The topological polar surface area (TPSA) is 78.5 Å². The average molecular weight is 490 g/mol. The Kier molecular flexibility index (Phi) is 6.56. The molecule has 184 valence electrons. The lowest BCUT2D eigenvalue weighted by Crippen LogP contribution is -2.40. The first kappa shape index (κ1) is 24.0. The van der Waals surface area contributed by atoms with E-state index in [0.717, 1.165) is 16.7 Å². The molecular formula is C31H27N3O3. The van der Waals surface area contributed by atoms with Crippen molar-refractivity contribution in [2.45, 2.75) is 25.3 Å². The molecule has 4 aromatic carbocycles. The molecule has 0 unspecified atom stereocenters. The van der Waals surface area contributed by atoms with Gasteiger partial charge in [-0.25, -0.2) is 9.69 Å². The number of benzene rings is 4. The van der Waals surface area contributed by atoms with Gasteiger partial charge in [-0.1, -0.05) is 103 Å². The van der Waals surface area contributed by atoms with Crippen LogP contribution in [0.25, 0.3) is 0 Å². The number of carbonyl (C=O) groups excluding carboxylic acids is 3. The van der Waals surface area contributed by atoms with Crippen molar-refractivity contribution in [1.82, 2.24) is 5.32 Å². The van der Waals surface area contributed by atoms with Gasteiger partial charge in [0, 0.05) is 6.54 Å². The van der Waals surface area contributed by atoms with E-state index in [0.29, 0.717) is 23.5 Å². The van der Waals surface area contributed by atoms with Gasteiger partial charge in [0.25, 0.3) is 0 Å². The fourth-order valence-corrected chi connectivity index (χ4v) is 4.98. The van der Waals surface area contributed by atoms with Gasteiger partial charge < -0.3 is 10.6 Å². The van der Waals surface area contributed by atoms with Crippen molar-refractivity contribution in [2.24, 2.45) is 0 Å². The van der Waals surface area contributed by atoms with E-state index in [4.69, 9.17) is 0 Å².